The lowest BCUT2D eigenvalue weighted by Crippen LogP contribution is -2.20. The van der Waals surface area contributed by atoms with Gasteiger partial charge in [-0.25, -0.2) is 0 Å². The number of aliphatic hydroxyl groups is 1. The maximum atomic E-state index is 9.58. The van der Waals surface area contributed by atoms with Gasteiger partial charge in [-0.2, -0.15) is 0 Å². The molecular weight excluding hydrogens is 152 g/mol. The van der Waals surface area contributed by atoms with E-state index in [1.54, 1.807) is 0 Å². The fraction of sp³-hybridized carbons (Fsp3) is 0.800. The molecule has 0 aromatic heterocycles. The first kappa shape index (κ1) is 8.27. The number of rotatable bonds is 1. The van der Waals surface area contributed by atoms with Crippen LogP contribution in [-0.4, -0.2) is 24.4 Å². The molecular formula is C10H16O2. The van der Waals surface area contributed by atoms with Crippen LogP contribution in [0, 0.1) is 5.92 Å². The molecule has 0 aromatic carbocycles. The van der Waals surface area contributed by atoms with Crippen LogP contribution < -0.4 is 0 Å². The summed E-state index contributed by atoms with van der Waals surface area (Å²) in [7, 11) is 0. The van der Waals surface area contributed by atoms with Crippen molar-refractivity contribution in [3.63, 3.8) is 0 Å². The molecule has 0 bridgehead atoms. The minimum absolute atomic E-state index is 0.241. The van der Waals surface area contributed by atoms with Gasteiger partial charge in [0.15, 0.2) is 0 Å². The molecule has 1 heterocycles. The second-order valence-electron chi connectivity index (χ2n) is 3.74. The number of hydrogen-bond donors (Lipinski definition) is 1. The zero-order chi connectivity index (χ0) is 8.39. The van der Waals surface area contributed by atoms with E-state index in [-0.39, 0.29) is 6.10 Å². The highest BCUT2D eigenvalue weighted by Crippen LogP contribution is 2.29. The quantitative estimate of drug-likeness (QED) is 0.601. The maximum absolute atomic E-state index is 9.58. The van der Waals surface area contributed by atoms with Crippen molar-refractivity contribution < 1.29 is 9.84 Å². The van der Waals surface area contributed by atoms with Crippen LogP contribution in [0.5, 0.6) is 0 Å². The molecule has 0 radical (unpaired) electrons. The van der Waals surface area contributed by atoms with Crippen molar-refractivity contribution in [3.8, 4) is 0 Å². The highest BCUT2D eigenvalue weighted by atomic mass is 16.5. The Morgan fingerprint density at radius 3 is 2.83 bits per heavy atom. The van der Waals surface area contributed by atoms with Gasteiger partial charge in [-0.1, -0.05) is 11.6 Å². The topological polar surface area (TPSA) is 29.5 Å². The Morgan fingerprint density at radius 1 is 1.33 bits per heavy atom. The van der Waals surface area contributed by atoms with E-state index in [1.165, 1.54) is 31.3 Å². The summed E-state index contributed by atoms with van der Waals surface area (Å²) in [5, 5.41) is 9.58. The summed E-state index contributed by atoms with van der Waals surface area (Å²) in [6.07, 6.45) is 7.02. The number of allylic oxidation sites excluding steroid dienone is 1. The van der Waals surface area contributed by atoms with Gasteiger partial charge in [0.25, 0.3) is 0 Å². The molecule has 2 rings (SSSR count). The molecule has 2 heteroatoms. The molecule has 1 saturated heterocycles. The molecule has 2 nitrogen and oxygen atoms in total. The Kier molecular flexibility index (Phi) is 2.47. The Morgan fingerprint density at radius 2 is 2.25 bits per heavy atom. The van der Waals surface area contributed by atoms with Crippen LogP contribution in [-0.2, 0) is 4.74 Å². The molecule has 1 fully saturated rings. The van der Waals surface area contributed by atoms with Crippen LogP contribution in [0.1, 0.15) is 25.7 Å². The van der Waals surface area contributed by atoms with Gasteiger partial charge in [0, 0.05) is 5.92 Å². The van der Waals surface area contributed by atoms with Crippen LogP contribution in [0.2, 0.25) is 0 Å². The van der Waals surface area contributed by atoms with Crippen molar-refractivity contribution in [1.82, 2.24) is 0 Å². The van der Waals surface area contributed by atoms with E-state index in [2.05, 4.69) is 6.08 Å². The van der Waals surface area contributed by atoms with Crippen molar-refractivity contribution >= 4 is 0 Å². The Hall–Kier alpha value is -0.340. The van der Waals surface area contributed by atoms with E-state index in [9.17, 15) is 5.11 Å². The van der Waals surface area contributed by atoms with E-state index in [0.29, 0.717) is 12.5 Å². The number of hydrogen-bond acceptors (Lipinski definition) is 2. The van der Waals surface area contributed by atoms with E-state index >= 15 is 0 Å². The molecule has 1 aliphatic carbocycles. The zero-order valence-corrected chi connectivity index (χ0v) is 7.33. The van der Waals surface area contributed by atoms with Crippen molar-refractivity contribution in [2.45, 2.75) is 31.8 Å². The highest BCUT2D eigenvalue weighted by molar-refractivity contribution is 5.12. The summed E-state index contributed by atoms with van der Waals surface area (Å²) in [6.45, 7) is 1.26. The van der Waals surface area contributed by atoms with Gasteiger partial charge in [0.2, 0.25) is 0 Å². The highest BCUT2D eigenvalue weighted by Gasteiger charge is 2.29. The standard InChI is InChI=1S/C10H16O2/c11-10-7-12-6-9(10)8-4-2-1-3-5-8/h4,9-11H,1-3,5-7H2. The largest absolute Gasteiger partial charge is 0.390 e. The van der Waals surface area contributed by atoms with E-state index in [1.807, 2.05) is 0 Å². The first-order chi connectivity index (χ1) is 5.88. The van der Waals surface area contributed by atoms with Crippen molar-refractivity contribution in [2.75, 3.05) is 13.2 Å². The SMILES string of the molecule is OC1COCC1C1=CCCCC1. The van der Waals surface area contributed by atoms with E-state index in [0.717, 1.165) is 6.61 Å². The summed E-state index contributed by atoms with van der Waals surface area (Å²) in [4.78, 5) is 0. The van der Waals surface area contributed by atoms with Crippen molar-refractivity contribution in [3.05, 3.63) is 11.6 Å². The molecule has 1 aliphatic heterocycles. The lowest BCUT2D eigenvalue weighted by molar-refractivity contribution is 0.121. The second-order valence-corrected chi connectivity index (χ2v) is 3.74. The van der Waals surface area contributed by atoms with Gasteiger partial charge >= 0.3 is 0 Å². The van der Waals surface area contributed by atoms with Gasteiger partial charge in [-0.15, -0.1) is 0 Å². The fourth-order valence-corrected chi connectivity index (χ4v) is 2.10. The van der Waals surface area contributed by atoms with Crippen LogP contribution in [0.4, 0.5) is 0 Å². The van der Waals surface area contributed by atoms with Gasteiger partial charge < -0.3 is 9.84 Å². The van der Waals surface area contributed by atoms with Crippen molar-refractivity contribution in [2.24, 2.45) is 5.92 Å². The molecule has 68 valence electrons. The lowest BCUT2D eigenvalue weighted by atomic mass is 9.87. The number of ether oxygens (including phenoxy) is 1. The second kappa shape index (κ2) is 3.58. The molecule has 2 unspecified atom stereocenters. The monoisotopic (exact) mass is 168 g/mol. The van der Waals surface area contributed by atoms with E-state index in [4.69, 9.17) is 4.74 Å². The van der Waals surface area contributed by atoms with Gasteiger partial charge in [-0.05, 0) is 25.7 Å². The van der Waals surface area contributed by atoms with Crippen LogP contribution in [0.25, 0.3) is 0 Å². The smallest absolute Gasteiger partial charge is 0.0860 e. The Labute approximate surface area is 73.2 Å². The minimum Gasteiger partial charge on any atom is -0.390 e. The normalized spacial score (nSPS) is 36.6. The summed E-state index contributed by atoms with van der Waals surface area (Å²) in [5.74, 6) is 0.310. The molecule has 0 amide bonds. The van der Waals surface area contributed by atoms with Crippen LogP contribution in [0.3, 0.4) is 0 Å². The molecule has 2 aliphatic rings. The Bertz CT molecular complexity index is 186. The van der Waals surface area contributed by atoms with Gasteiger partial charge in [0.05, 0.1) is 19.3 Å². The third kappa shape index (κ3) is 1.54. The molecule has 0 aromatic rings. The van der Waals surface area contributed by atoms with E-state index < -0.39 is 0 Å². The van der Waals surface area contributed by atoms with Crippen LogP contribution >= 0.6 is 0 Å². The average molecular weight is 168 g/mol. The van der Waals surface area contributed by atoms with Gasteiger partial charge in [-0.3, -0.25) is 0 Å². The van der Waals surface area contributed by atoms with Crippen LogP contribution in [0.15, 0.2) is 11.6 Å². The molecule has 2 atom stereocenters. The molecule has 0 saturated carbocycles. The lowest BCUT2D eigenvalue weighted by Gasteiger charge is -2.20. The average Bonchev–Trinajstić information content (AvgIpc) is 2.53. The Balaban J connectivity index is 2.02. The first-order valence-corrected chi connectivity index (χ1v) is 4.82. The van der Waals surface area contributed by atoms with Gasteiger partial charge in [0.1, 0.15) is 0 Å². The first-order valence-electron chi connectivity index (χ1n) is 4.82. The fourth-order valence-electron chi connectivity index (χ4n) is 2.10. The maximum Gasteiger partial charge on any atom is 0.0860 e. The molecule has 12 heavy (non-hydrogen) atoms. The predicted molar refractivity (Wildman–Crippen MR) is 46.9 cm³/mol. The third-order valence-corrected chi connectivity index (χ3v) is 2.85. The molecule has 0 spiro atoms. The number of aliphatic hydroxyl groups excluding tert-OH is 1. The summed E-state index contributed by atoms with van der Waals surface area (Å²) >= 11 is 0. The molecule has 1 N–H and O–H groups in total. The summed E-state index contributed by atoms with van der Waals surface area (Å²) < 4.78 is 5.23. The summed E-state index contributed by atoms with van der Waals surface area (Å²) in [5.41, 5.74) is 1.44. The third-order valence-electron chi connectivity index (χ3n) is 2.85. The predicted octanol–water partition coefficient (Wildman–Crippen LogP) is 1.49. The zero-order valence-electron chi connectivity index (χ0n) is 7.33. The summed E-state index contributed by atoms with van der Waals surface area (Å²) in [6, 6.07) is 0. The minimum atomic E-state index is -0.241. The van der Waals surface area contributed by atoms with Crippen molar-refractivity contribution in [1.29, 1.82) is 0 Å².